The molecule has 2 aromatic rings. The topological polar surface area (TPSA) is 89.3 Å². The molecule has 0 atom stereocenters. The molecule has 6 nitrogen and oxygen atoms in total. The van der Waals surface area contributed by atoms with Crippen molar-refractivity contribution in [3.63, 3.8) is 0 Å². The number of benzene rings is 1. The van der Waals surface area contributed by atoms with Crippen molar-refractivity contribution in [3.05, 3.63) is 23.8 Å². The Morgan fingerprint density at radius 1 is 1.35 bits per heavy atom. The maximum absolute atomic E-state index is 12.3. The maximum atomic E-state index is 12.3. The Morgan fingerprint density at radius 2 is 1.95 bits per heavy atom. The van der Waals surface area contributed by atoms with Crippen LogP contribution in [0.5, 0.6) is 0 Å². The molecule has 0 amide bonds. The van der Waals surface area contributed by atoms with Crippen molar-refractivity contribution in [3.8, 4) is 0 Å². The number of imidazole rings is 1. The third kappa shape index (κ3) is 2.53. The number of hydrogen-bond acceptors (Lipinski definition) is 4. The Hall–Kier alpha value is -0.450. The van der Waals surface area contributed by atoms with Gasteiger partial charge in [-0.2, -0.15) is 0 Å². The Bertz CT molecular complexity index is 808. The van der Waals surface area contributed by atoms with Gasteiger partial charge < -0.3 is 9.67 Å². The van der Waals surface area contributed by atoms with Gasteiger partial charge in [0.2, 0.25) is 16.5 Å². The van der Waals surface area contributed by atoms with E-state index in [2.05, 4.69) is 52.8 Å². The Labute approximate surface area is 139 Å². The fourth-order valence-corrected chi connectivity index (χ4v) is 3.84. The first-order valence-corrected chi connectivity index (χ1v) is 8.93. The number of carboxylic acid groups (broad SMARTS) is 1. The first kappa shape index (κ1) is 15.9. The number of fused-ring (bicyclic) bond motifs is 1. The zero-order valence-corrected chi connectivity index (χ0v) is 15.4. The first-order valence-electron chi connectivity index (χ1n) is 5.07. The Morgan fingerprint density at radius 3 is 2.45 bits per heavy atom. The predicted molar refractivity (Wildman–Crippen MR) is 84.4 cm³/mol. The van der Waals surface area contributed by atoms with Crippen LogP contribution in [-0.4, -0.2) is 30.5 Å². The number of aromatic carboxylic acids is 1. The average molecular weight is 491 g/mol. The lowest BCUT2D eigenvalue weighted by atomic mass is 10.2. The predicted octanol–water partition coefficient (Wildman–Crippen LogP) is 2.84. The number of rotatable bonds is 2. The van der Waals surface area contributed by atoms with Crippen LogP contribution >= 0.6 is 47.8 Å². The quantitative estimate of drug-likeness (QED) is 0.654. The molecule has 0 bridgehead atoms. The molecule has 1 aromatic carbocycles. The second-order valence-electron chi connectivity index (χ2n) is 3.91. The van der Waals surface area contributed by atoms with Crippen LogP contribution in [0.4, 0.5) is 0 Å². The van der Waals surface area contributed by atoms with Crippen LogP contribution in [0, 0.1) is 0 Å². The van der Waals surface area contributed by atoms with E-state index in [0.29, 0.717) is 11.0 Å². The van der Waals surface area contributed by atoms with E-state index in [4.69, 9.17) is 5.11 Å². The minimum Gasteiger partial charge on any atom is -0.478 e. The van der Waals surface area contributed by atoms with Gasteiger partial charge in [-0.3, -0.25) is 0 Å². The highest BCUT2D eigenvalue weighted by Crippen LogP contribution is 2.43. The number of alkyl halides is 3. The standard InChI is InChI=1S/C10H7Br3N2O4S/c1-15-7-3-2-5(8(16)17)4-6(7)14-9(15)20(18,19)10(11,12)13/h2-4H,1H3,(H,16,17). The molecule has 0 spiro atoms. The number of halogens is 3. The summed E-state index contributed by atoms with van der Waals surface area (Å²) in [6, 6.07) is 4.24. The first-order chi connectivity index (χ1) is 9.05. The van der Waals surface area contributed by atoms with Gasteiger partial charge in [0.05, 0.1) is 16.6 Å². The highest BCUT2D eigenvalue weighted by Gasteiger charge is 2.41. The minimum atomic E-state index is -3.85. The molecule has 0 saturated heterocycles. The van der Waals surface area contributed by atoms with Crippen molar-refractivity contribution < 1.29 is 18.3 Å². The van der Waals surface area contributed by atoms with Crippen LogP contribution in [0.25, 0.3) is 11.0 Å². The lowest BCUT2D eigenvalue weighted by molar-refractivity contribution is 0.0697. The van der Waals surface area contributed by atoms with Crippen LogP contribution in [0.3, 0.4) is 0 Å². The molecule has 2 rings (SSSR count). The number of hydrogen-bond donors (Lipinski definition) is 1. The van der Waals surface area contributed by atoms with Crippen LogP contribution in [-0.2, 0) is 16.9 Å². The number of nitrogens with zero attached hydrogens (tertiary/aromatic N) is 2. The van der Waals surface area contributed by atoms with Crippen molar-refractivity contribution >= 4 is 74.6 Å². The average Bonchev–Trinajstić information content (AvgIpc) is 2.65. The van der Waals surface area contributed by atoms with E-state index in [9.17, 15) is 13.2 Å². The van der Waals surface area contributed by atoms with Crippen molar-refractivity contribution in [1.82, 2.24) is 9.55 Å². The van der Waals surface area contributed by atoms with Gasteiger partial charge in [0.1, 0.15) is 0 Å². The van der Waals surface area contributed by atoms with Gasteiger partial charge in [-0.25, -0.2) is 18.2 Å². The monoisotopic (exact) mass is 488 g/mol. The molecule has 0 radical (unpaired) electrons. The molecule has 0 aliphatic heterocycles. The Balaban J connectivity index is 2.75. The number of carbonyl (C=O) groups is 1. The highest BCUT2D eigenvalue weighted by molar-refractivity contribution is 9.42. The molecule has 0 saturated carbocycles. The van der Waals surface area contributed by atoms with Crippen LogP contribution in [0.2, 0.25) is 0 Å². The van der Waals surface area contributed by atoms with E-state index >= 15 is 0 Å². The molecule has 0 unspecified atom stereocenters. The van der Waals surface area contributed by atoms with Gasteiger partial charge in [0.15, 0.2) is 0 Å². The molecule has 1 aromatic heterocycles. The summed E-state index contributed by atoms with van der Waals surface area (Å²) >= 11 is 8.89. The third-order valence-corrected chi connectivity index (χ3v) is 7.92. The minimum absolute atomic E-state index is 0.0438. The number of sulfone groups is 1. The van der Waals surface area contributed by atoms with E-state index in [0.717, 1.165) is 0 Å². The molecular formula is C10H7Br3N2O4S. The highest BCUT2D eigenvalue weighted by atomic mass is 80.0. The fourth-order valence-electron chi connectivity index (χ4n) is 1.65. The summed E-state index contributed by atoms with van der Waals surface area (Å²) in [7, 11) is -2.30. The molecule has 108 valence electrons. The van der Waals surface area contributed by atoms with Gasteiger partial charge in [0.25, 0.3) is 0 Å². The summed E-state index contributed by atoms with van der Waals surface area (Å²) in [6.07, 6.45) is 0. The zero-order valence-electron chi connectivity index (χ0n) is 9.84. The smallest absolute Gasteiger partial charge is 0.335 e. The second kappa shape index (κ2) is 5.08. The van der Waals surface area contributed by atoms with Gasteiger partial charge in [-0.1, -0.05) is 0 Å². The van der Waals surface area contributed by atoms with Gasteiger partial charge in [0, 0.05) is 7.05 Å². The zero-order chi connectivity index (χ0) is 15.3. The third-order valence-electron chi connectivity index (χ3n) is 2.63. The molecule has 0 aliphatic rings. The fraction of sp³-hybridized carbons (Fsp3) is 0.200. The largest absolute Gasteiger partial charge is 0.478 e. The molecule has 10 heteroatoms. The van der Waals surface area contributed by atoms with Crippen molar-refractivity contribution in [2.45, 2.75) is 6.63 Å². The van der Waals surface area contributed by atoms with E-state index in [1.54, 1.807) is 7.05 Å². The summed E-state index contributed by atoms with van der Waals surface area (Å²) in [6.45, 7) is 0. The van der Waals surface area contributed by atoms with Crippen LogP contribution in [0.1, 0.15) is 10.4 Å². The molecule has 0 fully saturated rings. The molecular weight excluding hydrogens is 484 g/mol. The SMILES string of the molecule is Cn1c(S(=O)(=O)C(Br)(Br)Br)nc2cc(C(=O)O)ccc21. The number of carboxylic acids is 1. The van der Waals surface area contributed by atoms with E-state index in [1.807, 2.05) is 0 Å². The summed E-state index contributed by atoms with van der Waals surface area (Å²) < 4.78 is 24.5. The van der Waals surface area contributed by atoms with E-state index in [-0.39, 0.29) is 10.7 Å². The molecule has 1 N–H and O–H groups in total. The maximum Gasteiger partial charge on any atom is 0.335 e. The van der Waals surface area contributed by atoms with E-state index in [1.165, 1.54) is 22.8 Å². The summed E-state index contributed by atoms with van der Waals surface area (Å²) in [5.41, 5.74) is 0.857. The summed E-state index contributed by atoms with van der Waals surface area (Å²) in [4.78, 5) is 14.9. The van der Waals surface area contributed by atoms with E-state index < -0.39 is 17.3 Å². The van der Waals surface area contributed by atoms with Gasteiger partial charge in [-0.15, -0.1) is 0 Å². The summed E-state index contributed by atoms with van der Waals surface area (Å²) in [5, 5.41) is 8.74. The van der Waals surface area contributed by atoms with Crippen molar-refractivity contribution in [1.29, 1.82) is 0 Å². The van der Waals surface area contributed by atoms with Gasteiger partial charge in [-0.05, 0) is 66.0 Å². The normalized spacial score (nSPS) is 12.8. The lowest BCUT2D eigenvalue weighted by Crippen LogP contribution is -2.21. The molecule has 0 aliphatic carbocycles. The summed E-state index contributed by atoms with van der Waals surface area (Å²) in [5.74, 6) is -1.10. The lowest BCUT2D eigenvalue weighted by Gasteiger charge is -2.12. The number of aryl methyl sites for hydroxylation is 1. The van der Waals surface area contributed by atoms with Crippen LogP contribution < -0.4 is 0 Å². The molecule has 1 heterocycles. The van der Waals surface area contributed by atoms with Crippen LogP contribution in [0.15, 0.2) is 23.4 Å². The molecule has 20 heavy (non-hydrogen) atoms. The number of aromatic nitrogens is 2. The second-order valence-corrected chi connectivity index (χ2v) is 14.2. The van der Waals surface area contributed by atoms with Gasteiger partial charge >= 0.3 is 5.97 Å². The van der Waals surface area contributed by atoms with Crippen molar-refractivity contribution in [2.75, 3.05) is 0 Å². The Kier molecular flexibility index (Phi) is 4.04. The van der Waals surface area contributed by atoms with Crippen molar-refractivity contribution in [2.24, 2.45) is 7.05 Å².